The number of halogens is 1. The Balaban J connectivity index is 4.64. The smallest absolute Gasteiger partial charge is 0.451 e. The first-order valence-electron chi connectivity index (χ1n) is 5.30. The van der Waals surface area contributed by atoms with Gasteiger partial charge in [0.05, 0.1) is 0 Å². The Hall–Kier alpha value is -0.143. The molecule has 0 amide bonds. The van der Waals surface area contributed by atoms with Gasteiger partial charge >= 0.3 is 15.0 Å². The summed E-state index contributed by atoms with van der Waals surface area (Å²) in [4.78, 5) is 11.4. The van der Waals surface area contributed by atoms with Gasteiger partial charge in [0.15, 0.2) is 0 Å². The molecule has 0 aliphatic heterocycles. The second-order valence-corrected chi connectivity index (χ2v) is 5.56. The van der Waals surface area contributed by atoms with E-state index in [1.54, 1.807) is 20.8 Å². The van der Waals surface area contributed by atoms with Crippen LogP contribution in [0.2, 0.25) is 0 Å². The van der Waals surface area contributed by atoms with E-state index in [1.165, 1.54) is 6.92 Å². The van der Waals surface area contributed by atoms with Crippen molar-refractivity contribution in [2.24, 2.45) is 0 Å². The van der Waals surface area contributed by atoms with Gasteiger partial charge in [-0.15, -0.1) is 11.6 Å². The van der Waals surface area contributed by atoms with Crippen LogP contribution in [0, 0.1) is 0 Å². The zero-order chi connectivity index (χ0) is 12.6. The molecule has 0 aliphatic rings. The summed E-state index contributed by atoms with van der Waals surface area (Å²) in [6.07, 6.45) is 0. The first-order valence-corrected chi connectivity index (χ1v) is 7.37. The summed E-state index contributed by atoms with van der Waals surface area (Å²) in [7, 11) is -3.36. The van der Waals surface area contributed by atoms with Crippen LogP contribution >= 0.6 is 11.6 Å². The Morgan fingerprint density at radius 3 is 1.75 bits per heavy atom. The topological polar surface area (TPSA) is 54.0 Å². The van der Waals surface area contributed by atoms with Crippen LogP contribution in [0.4, 0.5) is 0 Å². The maximum absolute atomic E-state index is 11.4. The van der Waals surface area contributed by atoms with Gasteiger partial charge in [-0.25, -0.2) is 0 Å². The maximum Gasteiger partial charge on any atom is 0.751 e. The van der Waals surface area contributed by atoms with E-state index < -0.39 is 20.4 Å². The van der Waals surface area contributed by atoms with Gasteiger partial charge in [0.2, 0.25) is 0 Å². The second kappa shape index (κ2) is 8.02. The SMILES string of the molecule is CCO[Si](OCC)(OCC)OC(=O)C(C)Cl. The van der Waals surface area contributed by atoms with Crippen molar-refractivity contribution in [3.05, 3.63) is 0 Å². The van der Waals surface area contributed by atoms with Crippen molar-refractivity contribution in [2.75, 3.05) is 19.8 Å². The van der Waals surface area contributed by atoms with E-state index in [2.05, 4.69) is 0 Å². The zero-order valence-electron chi connectivity index (χ0n) is 10.1. The van der Waals surface area contributed by atoms with Crippen molar-refractivity contribution in [3.8, 4) is 0 Å². The number of hydrogen-bond donors (Lipinski definition) is 0. The Kier molecular flexibility index (Phi) is 7.95. The van der Waals surface area contributed by atoms with Crippen LogP contribution in [-0.4, -0.2) is 40.2 Å². The van der Waals surface area contributed by atoms with Gasteiger partial charge in [-0.2, -0.15) is 0 Å². The van der Waals surface area contributed by atoms with E-state index in [4.69, 9.17) is 29.3 Å². The molecule has 0 aromatic carbocycles. The second-order valence-electron chi connectivity index (χ2n) is 2.84. The monoisotopic (exact) mass is 270 g/mol. The van der Waals surface area contributed by atoms with E-state index in [0.29, 0.717) is 19.8 Å². The predicted molar refractivity (Wildman–Crippen MR) is 62.0 cm³/mol. The summed E-state index contributed by atoms with van der Waals surface area (Å²) in [6, 6.07) is 0. The fourth-order valence-corrected chi connectivity index (χ4v) is 2.98. The highest BCUT2D eigenvalue weighted by Crippen LogP contribution is 2.14. The molecule has 0 bridgehead atoms. The normalized spacial score (nSPS) is 13.6. The maximum atomic E-state index is 11.4. The lowest BCUT2D eigenvalue weighted by Crippen LogP contribution is -2.51. The van der Waals surface area contributed by atoms with Gasteiger partial charge in [0, 0.05) is 19.8 Å². The minimum Gasteiger partial charge on any atom is -0.451 e. The molecule has 1 atom stereocenters. The summed E-state index contributed by atoms with van der Waals surface area (Å²) in [5.74, 6) is -0.594. The lowest BCUT2D eigenvalue weighted by Gasteiger charge is -2.26. The van der Waals surface area contributed by atoms with Gasteiger partial charge in [-0.3, -0.25) is 4.79 Å². The molecule has 96 valence electrons. The third-order valence-electron chi connectivity index (χ3n) is 1.51. The van der Waals surface area contributed by atoms with Crippen molar-refractivity contribution in [1.29, 1.82) is 0 Å². The molecule has 7 heteroatoms. The molecule has 0 aromatic heterocycles. The van der Waals surface area contributed by atoms with E-state index in [1.807, 2.05) is 0 Å². The molecule has 16 heavy (non-hydrogen) atoms. The molecule has 1 unspecified atom stereocenters. The van der Waals surface area contributed by atoms with Crippen LogP contribution in [0.5, 0.6) is 0 Å². The van der Waals surface area contributed by atoms with Crippen molar-refractivity contribution < 1.29 is 22.5 Å². The lowest BCUT2D eigenvalue weighted by molar-refractivity contribution is -0.143. The highest BCUT2D eigenvalue weighted by Gasteiger charge is 2.49. The Bertz CT molecular complexity index is 195. The average Bonchev–Trinajstić information content (AvgIpc) is 2.18. The molecule has 0 aliphatic carbocycles. The minimum atomic E-state index is -3.36. The summed E-state index contributed by atoms with van der Waals surface area (Å²) in [5, 5.41) is -0.756. The van der Waals surface area contributed by atoms with Crippen LogP contribution in [0.3, 0.4) is 0 Å². The van der Waals surface area contributed by atoms with Crippen LogP contribution < -0.4 is 0 Å². The third-order valence-corrected chi connectivity index (χ3v) is 4.07. The third kappa shape index (κ3) is 5.27. The molecule has 0 spiro atoms. The summed E-state index contributed by atoms with van der Waals surface area (Å²) in [5.41, 5.74) is 0. The molecule has 0 aromatic rings. The van der Waals surface area contributed by atoms with Gasteiger partial charge in [0.1, 0.15) is 5.38 Å². The molecule has 0 saturated carbocycles. The molecule has 0 N–H and O–H groups in total. The van der Waals surface area contributed by atoms with Crippen LogP contribution in [0.1, 0.15) is 27.7 Å². The van der Waals surface area contributed by atoms with Crippen molar-refractivity contribution in [1.82, 2.24) is 0 Å². The zero-order valence-corrected chi connectivity index (χ0v) is 11.9. The minimum absolute atomic E-state index is 0.343. The van der Waals surface area contributed by atoms with Crippen LogP contribution in [-0.2, 0) is 22.5 Å². The van der Waals surface area contributed by atoms with Gasteiger partial charge in [0.25, 0.3) is 0 Å². The number of carbonyl (C=O) groups is 1. The van der Waals surface area contributed by atoms with Gasteiger partial charge in [-0.05, 0) is 27.7 Å². The molecule has 0 rings (SSSR count). The first kappa shape index (κ1) is 15.9. The standard InChI is InChI=1S/C9H19ClO5Si/c1-5-12-16(13-6-2,14-7-3)15-9(11)8(4)10/h8H,5-7H2,1-4H3. The van der Waals surface area contributed by atoms with Crippen molar-refractivity contribution in [3.63, 3.8) is 0 Å². The van der Waals surface area contributed by atoms with E-state index in [0.717, 1.165) is 0 Å². The van der Waals surface area contributed by atoms with E-state index in [9.17, 15) is 4.79 Å². The van der Waals surface area contributed by atoms with Gasteiger partial charge in [-0.1, -0.05) is 0 Å². The van der Waals surface area contributed by atoms with Crippen LogP contribution in [0.25, 0.3) is 0 Å². The number of carbonyl (C=O) groups excluding carboxylic acids is 1. The molecule has 5 nitrogen and oxygen atoms in total. The van der Waals surface area contributed by atoms with Crippen molar-refractivity contribution in [2.45, 2.75) is 33.1 Å². The molecule has 0 saturated heterocycles. The number of rotatable bonds is 8. The first-order chi connectivity index (χ1) is 7.51. The Morgan fingerprint density at radius 1 is 1.12 bits per heavy atom. The molecule has 0 radical (unpaired) electrons. The number of alkyl halides is 1. The largest absolute Gasteiger partial charge is 0.751 e. The van der Waals surface area contributed by atoms with E-state index >= 15 is 0 Å². The molecule has 0 fully saturated rings. The Labute approximate surface area is 102 Å². The van der Waals surface area contributed by atoms with E-state index in [-0.39, 0.29) is 0 Å². The average molecular weight is 271 g/mol. The molecular weight excluding hydrogens is 252 g/mol. The molecular formula is C9H19ClO5Si. The summed E-state index contributed by atoms with van der Waals surface area (Å²) >= 11 is 5.62. The number of hydrogen-bond acceptors (Lipinski definition) is 5. The fourth-order valence-electron chi connectivity index (χ4n) is 0.948. The quantitative estimate of drug-likeness (QED) is 0.496. The highest BCUT2D eigenvalue weighted by molar-refractivity contribution is 6.56. The predicted octanol–water partition coefficient (Wildman–Crippen LogP) is 1.70. The van der Waals surface area contributed by atoms with Gasteiger partial charge < -0.3 is 17.7 Å². The fraction of sp³-hybridized carbons (Fsp3) is 0.889. The highest BCUT2D eigenvalue weighted by atomic mass is 35.5. The lowest BCUT2D eigenvalue weighted by atomic mass is 10.5. The van der Waals surface area contributed by atoms with Crippen molar-refractivity contribution >= 4 is 26.6 Å². The summed E-state index contributed by atoms with van der Waals surface area (Å²) in [6.45, 7) is 7.88. The molecule has 0 heterocycles. The Morgan fingerprint density at radius 2 is 1.50 bits per heavy atom. The summed E-state index contributed by atoms with van der Waals surface area (Å²) < 4.78 is 21.1. The van der Waals surface area contributed by atoms with Crippen LogP contribution in [0.15, 0.2) is 0 Å².